The van der Waals surface area contributed by atoms with E-state index in [1.54, 1.807) is 26.2 Å². The number of nitrogens with zero attached hydrogens (tertiary/aromatic N) is 2. The molecule has 0 atom stereocenters. The average molecular weight is 314 g/mol. The number of hydrogen-bond acceptors (Lipinski definition) is 3. The third kappa shape index (κ3) is 1.85. The summed E-state index contributed by atoms with van der Waals surface area (Å²) in [5.74, 6) is -0.373. The van der Waals surface area contributed by atoms with Gasteiger partial charge >= 0.3 is 5.69 Å². The van der Waals surface area contributed by atoms with Crippen molar-refractivity contribution in [1.82, 2.24) is 14.6 Å². The van der Waals surface area contributed by atoms with Gasteiger partial charge in [0.15, 0.2) is 0 Å². The standard InChI is InChI=1S/C11H12BrN3O3/c1-14-8-4-6(10(16)13-18-3)7(12)5-9(8)15(2)11(14)17/h4-5H,1-3H3,(H,13,16). The molecule has 0 aliphatic carbocycles. The van der Waals surface area contributed by atoms with Crippen LogP contribution in [-0.4, -0.2) is 22.2 Å². The zero-order valence-electron chi connectivity index (χ0n) is 10.2. The molecule has 0 aliphatic heterocycles. The van der Waals surface area contributed by atoms with Crippen LogP contribution < -0.4 is 11.2 Å². The Hall–Kier alpha value is -1.60. The minimum atomic E-state index is -0.373. The van der Waals surface area contributed by atoms with Crippen LogP contribution in [0.15, 0.2) is 21.4 Å². The minimum absolute atomic E-state index is 0.138. The van der Waals surface area contributed by atoms with E-state index in [2.05, 4.69) is 26.2 Å². The zero-order valence-corrected chi connectivity index (χ0v) is 11.7. The summed E-state index contributed by atoms with van der Waals surface area (Å²) in [5.41, 5.74) is 3.96. The van der Waals surface area contributed by atoms with Crippen molar-refractivity contribution in [3.05, 3.63) is 32.7 Å². The third-order valence-electron chi connectivity index (χ3n) is 2.80. The van der Waals surface area contributed by atoms with Crippen molar-refractivity contribution >= 4 is 32.9 Å². The van der Waals surface area contributed by atoms with Gasteiger partial charge in [-0.15, -0.1) is 0 Å². The zero-order chi connectivity index (χ0) is 13.4. The highest BCUT2D eigenvalue weighted by Crippen LogP contribution is 2.23. The first kappa shape index (κ1) is 12.8. The van der Waals surface area contributed by atoms with Gasteiger partial charge in [-0.25, -0.2) is 10.3 Å². The van der Waals surface area contributed by atoms with E-state index in [1.165, 1.54) is 16.2 Å². The van der Waals surface area contributed by atoms with Crippen LogP contribution in [0, 0.1) is 0 Å². The van der Waals surface area contributed by atoms with Crippen LogP contribution in [-0.2, 0) is 18.9 Å². The van der Waals surface area contributed by atoms with Crippen LogP contribution in [0.1, 0.15) is 10.4 Å². The van der Waals surface area contributed by atoms with Gasteiger partial charge in [0.05, 0.1) is 23.7 Å². The van der Waals surface area contributed by atoms with Crippen LogP contribution in [0.3, 0.4) is 0 Å². The predicted molar refractivity (Wildman–Crippen MR) is 70.3 cm³/mol. The molecular weight excluding hydrogens is 302 g/mol. The van der Waals surface area contributed by atoms with Crippen molar-refractivity contribution in [1.29, 1.82) is 0 Å². The fourth-order valence-electron chi connectivity index (χ4n) is 1.84. The van der Waals surface area contributed by atoms with Crippen LogP contribution in [0.5, 0.6) is 0 Å². The van der Waals surface area contributed by atoms with E-state index >= 15 is 0 Å². The lowest BCUT2D eigenvalue weighted by atomic mass is 10.2. The average Bonchev–Trinajstić information content (AvgIpc) is 2.54. The number of benzene rings is 1. The van der Waals surface area contributed by atoms with Crippen LogP contribution in [0.25, 0.3) is 11.0 Å². The molecule has 1 amide bonds. The Morgan fingerprint density at radius 2 is 1.83 bits per heavy atom. The molecule has 0 saturated heterocycles. The number of aromatic nitrogens is 2. The molecule has 18 heavy (non-hydrogen) atoms. The molecule has 0 saturated carbocycles. The molecule has 96 valence electrons. The number of rotatable bonds is 2. The molecule has 7 heteroatoms. The highest BCUT2D eigenvalue weighted by Gasteiger charge is 2.15. The number of fused-ring (bicyclic) bond motifs is 1. The lowest BCUT2D eigenvalue weighted by Crippen LogP contribution is -2.22. The summed E-state index contributed by atoms with van der Waals surface area (Å²) in [6, 6.07) is 3.39. The maximum absolute atomic E-state index is 11.8. The second kappa shape index (κ2) is 4.58. The van der Waals surface area contributed by atoms with Gasteiger partial charge in [0, 0.05) is 18.6 Å². The fraction of sp³-hybridized carbons (Fsp3) is 0.273. The first-order valence-electron chi connectivity index (χ1n) is 5.15. The summed E-state index contributed by atoms with van der Waals surface area (Å²) in [5, 5.41) is 0. The smallest absolute Gasteiger partial charge is 0.295 e. The number of hydrogen-bond donors (Lipinski definition) is 1. The molecule has 0 unspecified atom stereocenters. The molecule has 1 N–H and O–H groups in total. The molecule has 0 aliphatic rings. The number of aryl methyl sites for hydroxylation is 2. The van der Waals surface area contributed by atoms with Gasteiger partial charge in [-0.2, -0.15) is 0 Å². The maximum atomic E-state index is 11.8. The Morgan fingerprint density at radius 3 is 2.39 bits per heavy atom. The van der Waals surface area contributed by atoms with E-state index in [-0.39, 0.29) is 11.6 Å². The number of halogens is 1. The Kier molecular flexibility index (Phi) is 3.27. The SMILES string of the molecule is CONC(=O)c1cc2c(cc1Br)n(C)c(=O)n2C. The second-order valence-corrected chi connectivity index (χ2v) is 4.71. The molecule has 0 bridgehead atoms. The van der Waals surface area contributed by atoms with Gasteiger partial charge in [0.25, 0.3) is 5.91 Å². The van der Waals surface area contributed by atoms with Crippen molar-refractivity contribution in [2.75, 3.05) is 7.11 Å². The van der Waals surface area contributed by atoms with Crippen molar-refractivity contribution in [2.45, 2.75) is 0 Å². The molecule has 2 rings (SSSR count). The third-order valence-corrected chi connectivity index (χ3v) is 3.46. The molecule has 0 fully saturated rings. The number of imidazole rings is 1. The molecule has 1 aromatic carbocycles. The van der Waals surface area contributed by atoms with Crippen LogP contribution in [0.2, 0.25) is 0 Å². The molecule has 0 spiro atoms. The number of carbonyl (C=O) groups is 1. The van der Waals surface area contributed by atoms with Gasteiger partial charge in [-0.1, -0.05) is 0 Å². The summed E-state index contributed by atoms with van der Waals surface area (Å²) in [7, 11) is 4.71. The summed E-state index contributed by atoms with van der Waals surface area (Å²) >= 11 is 3.31. The molecule has 6 nitrogen and oxygen atoms in total. The quantitative estimate of drug-likeness (QED) is 0.839. The minimum Gasteiger partial charge on any atom is -0.295 e. The highest BCUT2D eigenvalue weighted by atomic mass is 79.9. The second-order valence-electron chi connectivity index (χ2n) is 3.86. The lowest BCUT2D eigenvalue weighted by Gasteiger charge is -2.05. The summed E-state index contributed by atoms with van der Waals surface area (Å²) in [4.78, 5) is 28.1. The summed E-state index contributed by atoms with van der Waals surface area (Å²) < 4.78 is 3.62. The molecule has 2 aromatic rings. The van der Waals surface area contributed by atoms with Gasteiger partial charge < -0.3 is 0 Å². The Morgan fingerprint density at radius 1 is 1.28 bits per heavy atom. The normalized spacial score (nSPS) is 10.9. The van der Waals surface area contributed by atoms with Crippen LogP contribution >= 0.6 is 15.9 Å². The van der Waals surface area contributed by atoms with E-state index in [1.807, 2.05) is 0 Å². The Balaban J connectivity index is 2.73. The van der Waals surface area contributed by atoms with Gasteiger partial charge in [-0.3, -0.25) is 18.8 Å². The van der Waals surface area contributed by atoms with Gasteiger partial charge in [0.2, 0.25) is 0 Å². The first-order valence-corrected chi connectivity index (χ1v) is 5.95. The lowest BCUT2D eigenvalue weighted by molar-refractivity contribution is 0.0537. The van der Waals surface area contributed by atoms with Crippen molar-refractivity contribution in [2.24, 2.45) is 14.1 Å². The van der Waals surface area contributed by atoms with Gasteiger partial charge in [0.1, 0.15) is 0 Å². The first-order chi connectivity index (χ1) is 8.47. The number of amides is 1. The summed E-state index contributed by atoms with van der Waals surface area (Å²) in [6.07, 6.45) is 0. The number of carbonyl (C=O) groups excluding carboxylic acids is 1. The Bertz CT molecular complexity index is 687. The summed E-state index contributed by atoms with van der Waals surface area (Å²) in [6.45, 7) is 0. The molecule has 1 heterocycles. The molecule has 0 radical (unpaired) electrons. The predicted octanol–water partition coefficient (Wildman–Crippen LogP) is 0.931. The topological polar surface area (TPSA) is 65.3 Å². The molecular formula is C11H12BrN3O3. The van der Waals surface area contributed by atoms with Crippen molar-refractivity contribution in [3.8, 4) is 0 Å². The maximum Gasteiger partial charge on any atom is 0.328 e. The van der Waals surface area contributed by atoms with Crippen molar-refractivity contribution in [3.63, 3.8) is 0 Å². The molecule has 1 aromatic heterocycles. The van der Waals surface area contributed by atoms with E-state index < -0.39 is 0 Å². The van der Waals surface area contributed by atoms with E-state index in [4.69, 9.17) is 0 Å². The fourth-order valence-corrected chi connectivity index (χ4v) is 2.35. The Labute approximate surface area is 111 Å². The van der Waals surface area contributed by atoms with Crippen molar-refractivity contribution < 1.29 is 9.63 Å². The highest BCUT2D eigenvalue weighted by molar-refractivity contribution is 9.10. The largest absolute Gasteiger partial charge is 0.328 e. The van der Waals surface area contributed by atoms with E-state index in [9.17, 15) is 9.59 Å². The number of nitrogens with one attached hydrogen (secondary N) is 1. The van der Waals surface area contributed by atoms with Crippen LogP contribution in [0.4, 0.5) is 0 Å². The monoisotopic (exact) mass is 313 g/mol. The van der Waals surface area contributed by atoms with E-state index in [0.29, 0.717) is 15.6 Å². The van der Waals surface area contributed by atoms with E-state index in [0.717, 1.165) is 5.52 Å². The van der Waals surface area contributed by atoms with Gasteiger partial charge in [-0.05, 0) is 28.1 Å². The number of hydroxylamine groups is 1.